The molecule has 0 aromatic heterocycles. The van der Waals surface area contributed by atoms with Gasteiger partial charge in [-0.3, -0.25) is 14.6 Å². The molecule has 1 N–H and O–H groups in total. The molecule has 186 valence electrons. The van der Waals surface area contributed by atoms with Gasteiger partial charge in [0.25, 0.3) is 5.91 Å². The van der Waals surface area contributed by atoms with Crippen LogP contribution in [0.4, 0.5) is 4.79 Å². The van der Waals surface area contributed by atoms with Crippen LogP contribution in [0.2, 0.25) is 0 Å². The Morgan fingerprint density at radius 3 is 2.29 bits per heavy atom. The number of carbonyl (C=O) groups is 2. The fourth-order valence-corrected chi connectivity index (χ4v) is 7.22. The number of benzene rings is 2. The van der Waals surface area contributed by atoms with E-state index in [0.717, 1.165) is 35.3 Å². The monoisotopic (exact) mass is 496 g/mol. The minimum Gasteiger partial charge on any atom is -0.315 e. The van der Waals surface area contributed by atoms with Gasteiger partial charge in [0.05, 0.1) is 18.2 Å². The third-order valence-corrected chi connectivity index (χ3v) is 9.48. The second-order valence-electron chi connectivity index (χ2n) is 9.93. The number of piperazine rings is 1. The van der Waals surface area contributed by atoms with E-state index in [1.807, 2.05) is 62.4 Å². The average Bonchev–Trinajstić information content (AvgIpc) is 3.34. The van der Waals surface area contributed by atoms with Crippen molar-refractivity contribution in [1.29, 1.82) is 0 Å². The molecule has 0 saturated carbocycles. The summed E-state index contributed by atoms with van der Waals surface area (Å²) in [5.41, 5.74) is 2.40. The van der Waals surface area contributed by atoms with Crippen LogP contribution in [0.1, 0.15) is 28.7 Å². The Hall–Kier alpha value is -2.75. The fourth-order valence-electron chi connectivity index (χ4n) is 5.46. The minimum absolute atomic E-state index is 0.0781. The van der Waals surface area contributed by atoms with Crippen molar-refractivity contribution in [2.24, 2.45) is 0 Å². The summed E-state index contributed by atoms with van der Waals surface area (Å²) < 4.78 is 23.7. The van der Waals surface area contributed by atoms with Crippen molar-refractivity contribution in [1.82, 2.24) is 20.0 Å². The molecule has 3 heterocycles. The third-order valence-electron chi connectivity index (χ3n) is 7.73. The molecule has 3 fully saturated rings. The molecule has 5 rings (SSSR count). The summed E-state index contributed by atoms with van der Waals surface area (Å²) in [4.78, 5) is 32.8. The summed E-state index contributed by atoms with van der Waals surface area (Å²) in [6.07, 6.45) is 0.685. The zero-order valence-corrected chi connectivity index (χ0v) is 21.1. The van der Waals surface area contributed by atoms with Crippen molar-refractivity contribution in [2.75, 3.05) is 44.4 Å². The molecule has 2 aromatic carbocycles. The highest BCUT2D eigenvalue weighted by atomic mass is 32.2. The quantitative estimate of drug-likeness (QED) is 0.636. The molecular formula is C26H32N4O4S. The first kappa shape index (κ1) is 24.0. The lowest BCUT2D eigenvalue weighted by Gasteiger charge is -2.38. The van der Waals surface area contributed by atoms with Crippen LogP contribution in [-0.4, -0.2) is 85.5 Å². The van der Waals surface area contributed by atoms with E-state index in [2.05, 4.69) is 15.1 Å². The van der Waals surface area contributed by atoms with E-state index < -0.39 is 21.4 Å². The van der Waals surface area contributed by atoms with E-state index in [9.17, 15) is 18.0 Å². The topological polar surface area (TPSA) is 90.0 Å². The first-order valence-electron chi connectivity index (χ1n) is 12.1. The number of carbonyl (C=O) groups excluding carboxylic acids is 2. The molecule has 0 aliphatic carbocycles. The lowest BCUT2D eigenvalue weighted by Crippen LogP contribution is -2.54. The molecule has 3 saturated heterocycles. The van der Waals surface area contributed by atoms with E-state index in [1.165, 1.54) is 4.90 Å². The third kappa shape index (κ3) is 4.37. The predicted molar refractivity (Wildman–Crippen MR) is 134 cm³/mol. The molecule has 0 bridgehead atoms. The zero-order valence-electron chi connectivity index (χ0n) is 20.2. The summed E-state index contributed by atoms with van der Waals surface area (Å²) in [5, 5.41) is 3.03. The van der Waals surface area contributed by atoms with E-state index in [4.69, 9.17) is 0 Å². The first-order chi connectivity index (χ1) is 16.7. The molecule has 8 nitrogen and oxygen atoms in total. The molecule has 2 aromatic rings. The van der Waals surface area contributed by atoms with Gasteiger partial charge in [0.2, 0.25) is 0 Å². The van der Waals surface area contributed by atoms with Crippen LogP contribution in [0.15, 0.2) is 48.5 Å². The number of aryl methyl sites for hydroxylation is 2. The van der Waals surface area contributed by atoms with Gasteiger partial charge in [0, 0.05) is 32.2 Å². The highest BCUT2D eigenvalue weighted by Gasteiger charge is 2.54. The number of imide groups is 1. The van der Waals surface area contributed by atoms with Gasteiger partial charge in [-0.2, -0.15) is 0 Å². The fraction of sp³-hybridized carbons (Fsp3) is 0.462. The van der Waals surface area contributed by atoms with E-state index in [1.54, 1.807) is 0 Å². The standard InChI is InChI=1S/C26H32N4O4S/c1-19-8-9-22(16-20(19)2)26(21-6-4-3-5-7-21)24(31)30(25(32)27-26)18-28-11-13-29(14-12-28)23-10-15-35(33,34)17-23/h3-9,16,23H,10-15,17-18H2,1-2H3,(H,27,32). The smallest absolute Gasteiger partial charge is 0.315 e. The molecule has 35 heavy (non-hydrogen) atoms. The van der Waals surface area contributed by atoms with Crippen LogP contribution in [0.5, 0.6) is 0 Å². The van der Waals surface area contributed by atoms with Crippen molar-refractivity contribution in [3.05, 3.63) is 70.8 Å². The second-order valence-corrected chi connectivity index (χ2v) is 12.2. The summed E-state index contributed by atoms with van der Waals surface area (Å²) in [6, 6.07) is 15.0. The van der Waals surface area contributed by atoms with Gasteiger partial charge < -0.3 is 5.32 Å². The highest BCUT2D eigenvalue weighted by Crippen LogP contribution is 2.37. The number of rotatable bonds is 5. The number of sulfone groups is 1. The van der Waals surface area contributed by atoms with Crippen molar-refractivity contribution in [2.45, 2.75) is 31.8 Å². The van der Waals surface area contributed by atoms with Gasteiger partial charge in [0.1, 0.15) is 0 Å². The predicted octanol–water partition coefficient (Wildman–Crippen LogP) is 1.86. The van der Waals surface area contributed by atoms with Crippen LogP contribution in [0.3, 0.4) is 0 Å². The lowest BCUT2D eigenvalue weighted by molar-refractivity contribution is -0.132. The molecule has 9 heteroatoms. The Balaban J connectivity index is 1.36. The Bertz CT molecular complexity index is 1240. The Labute approximate surface area is 206 Å². The number of hydrogen-bond acceptors (Lipinski definition) is 6. The van der Waals surface area contributed by atoms with Gasteiger partial charge >= 0.3 is 6.03 Å². The molecule has 0 spiro atoms. The van der Waals surface area contributed by atoms with Crippen molar-refractivity contribution >= 4 is 21.8 Å². The first-order valence-corrected chi connectivity index (χ1v) is 14.0. The van der Waals surface area contributed by atoms with Crippen LogP contribution in [-0.2, 0) is 20.2 Å². The Kier molecular flexibility index (Phi) is 6.19. The minimum atomic E-state index is -2.92. The molecule has 3 amide bonds. The number of nitrogens with zero attached hydrogens (tertiary/aromatic N) is 3. The Morgan fingerprint density at radius 1 is 0.943 bits per heavy atom. The number of nitrogens with one attached hydrogen (secondary N) is 1. The van der Waals surface area contributed by atoms with Crippen LogP contribution in [0, 0.1) is 13.8 Å². The van der Waals surface area contributed by atoms with E-state index in [0.29, 0.717) is 19.5 Å². The van der Waals surface area contributed by atoms with Crippen molar-refractivity contribution in [3.63, 3.8) is 0 Å². The van der Waals surface area contributed by atoms with Gasteiger partial charge in [-0.15, -0.1) is 0 Å². The molecular weight excluding hydrogens is 464 g/mol. The summed E-state index contributed by atoms with van der Waals surface area (Å²) >= 11 is 0. The molecule has 0 radical (unpaired) electrons. The van der Waals surface area contributed by atoms with E-state index in [-0.39, 0.29) is 30.1 Å². The van der Waals surface area contributed by atoms with Gasteiger partial charge in [-0.05, 0) is 42.5 Å². The maximum Gasteiger partial charge on any atom is 0.326 e. The van der Waals surface area contributed by atoms with Crippen molar-refractivity contribution in [3.8, 4) is 0 Å². The van der Waals surface area contributed by atoms with Crippen molar-refractivity contribution < 1.29 is 18.0 Å². The zero-order chi connectivity index (χ0) is 24.8. The largest absolute Gasteiger partial charge is 0.326 e. The highest BCUT2D eigenvalue weighted by molar-refractivity contribution is 7.91. The van der Waals surface area contributed by atoms with Gasteiger partial charge in [0.15, 0.2) is 15.4 Å². The second kappa shape index (κ2) is 9.04. The number of amides is 3. The number of urea groups is 1. The summed E-state index contributed by atoms with van der Waals surface area (Å²) in [6.45, 7) is 7.05. The Morgan fingerprint density at radius 2 is 1.66 bits per heavy atom. The normalized spacial score (nSPS) is 27.4. The van der Waals surface area contributed by atoms with Crippen LogP contribution in [0.25, 0.3) is 0 Å². The van der Waals surface area contributed by atoms with E-state index >= 15 is 0 Å². The summed E-state index contributed by atoms with van der Waals surface area (Å²) in [5.74, 6) is 0.219. The molecule has 3 aliphatic heterocycles. The maximum atomic E-state index is 14.0. The van der Waals surface area contributed by atoms with Gasteiger partial charge in [-0.25, -0.2) is 18.1 Å². The SMILES string of the molecule is Cc1ccc(C2(c3ccccc3)NC(=O)N(CN3CCN(C4CCS(=O)(=O)C4)CC3)C2=O)cc1C. The maximum absolute atomic E-state index is 14.0. The average molecular weight is 497 g/mol. The molecule has 3 aliphatic rings. The molecule has 2 unspecified atom stereocenters. The number of hydrogen-bond donors (Lipinski definition) is 1. The van der Waals surface area contributed by atoms with Gasteiger partial charge in [-0.1, -0.05) is 48.5 Å². The van der Waals surface area contributed by atoms with Crippen LogP contribution < -0.4 is 5.32 Å². The summed E-state index contributed by atoms with van der Waals surface area (Å²) in [7, 11) is -2.92. The molecule has 2 atom stereocenters. The van der Waals surface area contributed by atoms with Crippen LogP contribution >= 0.6 is 0 Å². The lowest BCUT2D eigenvalue weighted by atomic mass is 9.81.